The molecule has 0 bridgehead atoms. The maximum atomic E-state index is 12.8. The van der Waals surface area contributed by atoms with Crippen LogP contribution in [0, 0.1) is 0 Å². The highest BCUT2D eigenvalue weighted by atomic mass is 16.5. The number of rotatable bonds is 1. The summed E-state index contributed by atoms with van der Waals surface area (Å²) in [6.07, 6.45) is 3.28. The van der Waals surface area contributed by atoms with E-state index in [-0.39, 0.29) is 24.0 Å². The van der Waals surface area contributed by atoms with E-state index in [1.807, 2.05) is 24.3 Å². The highest BCUT2D eigenvalue weighted by Crippen LogP contribution is 2.34. The molecule has 128 valence electrons. The summed E-state index contributed by atoms with van der Waals surface area (Å²) in [6, 6.07) is 9.31. The third-order valence-corrected chi connectivity index (χ3v) is 4.99. The maximum Gasteiger partial charge on any atom is 0.257 e. The van der Waals surface area contributed by atoms with E-state index in [1.165, 1.54) is 0 Å². The Morgan fingerprint density at radius 1 is 1.24 bits per heavy atom. The Balaban J connectivity index is 1.73. The molecule has 2 aliphatic rings. The molecule has 1 aromatic carbocycles. The van der Waals surface area contributed by atoms with E-state index in [1.54, 1.807) is 42.2 Å². The smallest absolute Gasteiger partial charge is 0.257 e. The van der Waals surface area contributed by atoms with Crippen LogP contribution in [0.15, 0.2) is 42.7 Å². The number of carbonyl (C=O) groups excluding carboxylic acids is 2. The summed E-state index contributed by atoms with van der Waals surface area (Å²) in [4.78, 5) is 32.1. The minimum absolute atomic E-state index is 0.00172. The number of likely N-dealkylation sites (tertiary alicyclic amines) is 1. The molecule has 0 saturated carbocycles. The fourth-order valence-electron chi connectivity index (χ4n) is 3.51. The Morgan fingerprint density at radius 2 is 2.08 bits per heavy atom. The van der Waals surface area contributed by atoms with Gasteiger partial charge in [-0.1, -0.05) is 12.1 Å². The van der Waals surface area contributed by atoms with Gasteiger partial charge < -0.3 is 14.5 Å². The number of fused-ring (bicyclic) bond motifs is 2. The van der Waals surface area contributed by atoms with Gasteiger partial charge in [0.1, 0.15) is 11.9 Å². The van der Waals surface area contributed by atoms with E-state index in [4.69, 9.17) is 4.74 Å². The average molecular weight is 337 g/mol. The molecule has 1 saturated heterocycles. The Bertz CT molecular complexity index is 837. The first kappa shape index (κ1) is 15.6. The third-order valence-electron chi connectivity index (χ3n) is 4.99. The number of aromatic nitrogens is 1. The SMILES string of the molecule is CC(=O)N1C[C@@H]2Oc3cc(-c4cccnc4)ccc3C(=O)N(C)[C@@H]2C1. The molecule has 3 heterocycles. The first-order valence-corrected chi connectivity index (χ1v) is 8.28. The minimum atomic E-state index is -0.219. The number of hydrogen-bond acceptors (Lipinski definition) is 4. The van der Waals surface area contributed by atoms with Crippen molar-refractivity contribution in [2.45, 2.75) is 19.1 Å². The molecular formula is C19H19N3O3. The van der Waals surface area contributed by atoms with Gasteiger partial charge in [0.15, 0.2) is 0 Å². The van der Waals surface area contributed by atoms with Gasteiger partial charge in [0.2, 0.25) is 5.91 Å². The second kappa shape index (κ2) is 5.88. The fourth-order valence-corrected chi connectivity index (χ4v) is 3.51. The first-order chi connectivity index (χ1) is 12.0. The number of amides is 2. The molecule has 2 amide bonds. The van der Waals surface area contributed by atoms with Crippen LogP contribution in [0.5, 0.6) is 5.75 Å². The summed E-state index contributed by atoms with van der Waals surface area (Å²) in [5.41, 5.74) is 2.47. The largest absolute Gasteiger partial charge is 0.485 e. The van der Waals surface area contributed by atoms with Crippen molar-refractivity contribution in [2.24, 2.45) is 0 Å². The van der Waals surface area contributed by atoms with Crippen LogP contribution < -0.4 is 4.74 Å². The Morgan fingerprint density at radius 3 is 2.80 bits per heavy atom. The summed E-state index contributed by atoms with van der Waals surface area (Å²) in [6.45, 7) is 2.54. The third kappa shape index (κ3) is 2.63. The molecule has 0 aliphatic carbocycles. The van der Waals surface area contributed by atoms with Crippen LogP contribution in [0.4, 0.5) is 0 Å². The van der Waals surface area contributed by atoms with Crippen molar-refractivity contribution in [3.05, 3.63) is 48.3 Å². The molecule has 2 aliphatic heterocycles. The molecule has 0 unspecified atom stereocenters. The number of nitrogens with zero attached hydrogens (tertiary/aromatic N) is 3. The van der Waals surface area contributed by atoms with Gasteiger partial charge in [-0.25, -0.2) is 0 Å². The van der Waals surface area contributed by atoms with Gasteiger partial charge in [-0.3, -0.25) is 14.6 Å². The van der Waals surface area contributed by atoms with Crippen LogP contribution in [-0.2, 0) is 4.79 Å². The summed E-state index contributed by atoms with van der Waals surface area (Å²) >= 11 is 0. The zero-order chi connectivity index (χ0) is 17.6. The van der Waals surface area contributed by atoms with E-state index in [9.17, 15) is 9.59 Å². The van der Waals surface area contributed by atoms with Crippen molar-refractivity contribution in [1.82, 2.24) is 14.8 Å². The molecular weight excluding hydrogens is 318 g/mol. The van der Waals surface area contributed by atoms with Gasteiger partial charge in [-0.15, -0.1) is 0 Å². The van der Waals surface area contributed by atoms with Gasteiger partial charge in [0.05, 0.1) is 18.2 Å². The maximum absolute atomic E-state index is 12.8. The lowest BCUT2D eigenvalue weighted by molar-refractivity contribution is -0.128. The monoisotopic (exact) mass is 337 g/mol. The van der Waals surface area contributed by atoms with Crippen LogP contribution in [0.3, 0.4) is 0 Å². The van der Waals surface area contributed by atoms with Crippen molar-refractivity contribution in [2.75, 3.05) is 20.1 Å². The fraction of sp³-hybridized carbons (Fsp3) is 0.316. The van der Waals surface area contributed by atoms with Crippen LogP contribution in [0.1, 0.15) is 17.3 Å². The second-order valence-corrected chi connectivity index (χ2v) is 6.52. The van der Waals surface area contributed by atoms with E-state index >= 15 is 0 Å². The number of hydrogen-bond donors (Lipinski definition) is 0. The molecule has 2 atom stereocenters. The van der Waals surface area contributed by atoms with Crippen molar-refractivity contribution >= 4 is 11.8 Å². The molecule has 4 rings (SSSR count). The van der Waals surface area contributed by atoms with Crippen molar-refractivity contribution in [1.29, 1.82) is 0 Å². The number of likely N-dealkylation sites (N-methyl/N-ethyl adjacent to an activating group) is 1. The average Bonchev–Trinajstić information content (AvgIpc) is 3.02. The molecule has 25 heavy (non-hydrogen) atoms. The van der Waals surface area contributed by atoms with Crippen molar-refractivity contribution in [3.63, 3.8) is 0 Å². The standard InChI is InChI=1S/C19H19N3O3/c1-12(23)22-10-16-18(11-22)25-17-8-13(14-4-3-7-20-9-14)5-6-15(17)19(24)21(16)2/h3-9,16,18H,10-11H2,1-2H3/t16-,18+/m1/s1. The molecule has 6 nitrogen and oxygen atoms in total. The normalized spacial score (nSPS) is 22.1. The van der Waals surface area contributed by atoms with E-state index in [2.05, 4.69) is 4.98 Å². The van der Waals surface area contributed by atoms with Crippen LogP contribution in [-0.4, -0.2) is 58.9 Å². The number of benzene rings is 1. The summed E-state index contributed by atoms with van der Waals surface area (Å²) < 4.78 is 6.19. The Kier molecular flexibility index (Phi) is 3.67. The topological polar surface area (TPSA) is 62.7 Å². The molecule has 1 aromatic heterocycles. The molecule has 6 heteroatoms. The van der Waals surface area contributed by atoms with Gasteiger partial charge in [-0.05, 0) is 23.8 Å². The Labute approximate surface area is 146 Å². The zero-order valence-corrected chi connectivity index (χ0v) is 14.2. The molecule has 0 spiro atoms. The summed E-state index contributed by atoms with van der Waals surface area (Å²) in [5.74, 6) is 0.489. The molecule has 0 radical (unpaired) electrons. The Hall–Kier alpha value is -2.89. The predicted molar refractivity (Wildman–Crippen MR) is 92.2 cm³/mol. The molecule has 0 N–H and O–H groups in total. The lowest BCUT2D eigenvalue weighted by Gasteiger charge is -2.24. The van der Waals surface area contributed by atoms with Gasteiger partial charge in [-0.2, -0.15) is 0 Å². The van der Waals surface area contributed by atoms with Crippen molar-refractivity contribution in [3.8, 4) is 16.9 Å². The highest BCUT2D eigenvalue weighted by Gasteiger charge is 2.43. The van der Waals surface area contributed by atoms with E-state index in [0.717, 1.165) is 11.1 Å². The number of ether oxygens (including phenoxy) is 1. The van der Waals surface area contributed by atoms with Crippen molar-refractivity contribution < 1.29 is 14.3 Å². The van der Waals surface area contributed by atoms with Gasteiger partial charge >= 0.3 is 0 Å². The molecule has 2 aromatic rings. The quantitative estimate of drug-likeness (QED) is 0.796. The number of carbonyl (C=O) groups is 2. The first-order valence-electron chi connectivity index (χ1n) is 8.28. The highest BCUT2D eigenvalue weighted by molar-refractivity contribution is 5.98. The van der Waals surface area contributed by atoms with Crippen LogP contribution in [0.25, 0.3) is 11.1 Å². The second-order valence-electron chi connectivity index (χ2n) is 6.52. The number of pyridine rings is 1. The van der Waals surface area contributed by atoms with Crippen LogP contribution >= 0.6 is 0 Å². The molecule has 1 fully saturated rings. The van der Waals surface area contributed by atoms with Crippen LogP contribution in [0.2, 0.25) is 0 Å². The summed E-state index contributed by atoms with van der Waals surface area (Å²) in [5, 5.41) is 0. The van der Waals surface area contributed by atoms with E-state index < -0.39 is 0 Å². The predicted octanol–water partition coefficient (Wildman–Crippen LogP) is 1.81. The summed E-state index contributed by atoms with van der Waals surface area (Å²) in [7, 11) is 1.77. The zero-order valence-electron chi connectivity index (χ0n) is 14.2. The van der Waals surface area contributed by atoms with Gasteiger partial charge in [0.25, 0.3) is 5.91 Å². The van der Waals surface area contributed by atoms with Gasteiger partial charge in [0, 0.05) is 38.5 Å². The van der Waals surface area contributed by atoms with E-state index in [0.29, 0.717) is 24.4 Å². The lowest BCUT2D eigenvalue weighted by atomic mass is 10.0. The minimum Gasteiger partial charge on any atom is -0.485 e. The lowest BCUT2D eigenvalue weighted by Crippen LogP contribution is -2.44.